The smallest absolute Gasteiger partial charge is 0.250 e. The van der Waals surface area contributed by atoms with E-state index in [1.54, 1.807) is 20.8 Å². The minimum Gasteiger partial charge on any atom is -0.421 e. The molecule has 0 spiro atoms. The first-order chi connectivity index (χ1) is 12.4. The second-order valence-electron chi connectivity index (χ2n) is 6.86. The summed E-state index contributed by atoms with van der Waals surface area (Å²) in [6, 6.07) is 0. The van der Waals surface area contributed by atoms with Crippen molar-refractivity contribution in [3.63, 3.8) is 0 Å². The Morgan fingerprint density at radius 1 is 1.08 bits per heavy atom. The van der Waals surface area contributed by atoms with Gasteiger partial charge in [0.05, 0.1) is 5.56 Å². The number of sulfonamides is 1. The van der Waals surface area contributed by atoms with Gasteiger partial charge in [0.1, 0.15) is 4.90 Å². The Labute approximate surface area is 154 Å². The minimum atomic E-state index is -3.69. The van der Waals surface area contributed by atoms with Gasteiger partial charge in [0.2, 0.25) is 15.9 Å². The van der Waals surface area contributed by atoms with E-state index in [0.29, 0.717) is 29.4 Å². The Bertz CT molecular complexity index is 848. The molecule has 2 N–H and O–H groups in total. The molecule has 26 heavy (non-hydrogen) atoms. The first kappa shape index (κ1) is 19.1. The number of nitrogens with one attached hydrogen (secondary N) is 2. The molecule has 1 aliphatic heterocycles. The van der Waals surface area contributed by atoms with Crippen LogP contribution in [0.2, 0.25) is 0 Å². The van der Waals surface area contributed by atoms with E-state index in [9.17, 15) is 8.42 Å². The van der Waals surface area contributed by atoms with Crippen LogP contribution in [0.25, 0.3) is 11.5 Å². The predicted octanol–water partition coefficient (Wildman–Crippen LogP) is 2.14. The Morgan fingerprint density at radius 3 is 2.38 bits per heavy atom. The average Bonchev–Trinajstić information content (AvgIpc) is 3.00. The van der Waals surface area contributed by atoms with Crippen LogP contribution in [-0.2, 0) is 10.0 Å². The predicted molar refractivity (Wildman–Crippen MR) is 98.4 cm³/mol. The van der Waals surface area contributed by atoms with E-state index in [1.165, 1.54) is 25.7 Å². The number of aromatic nitrogens is 3. The monoisotopic (exact) mass is 381 g/mol. The van der Waals surface area contributed by atoms with Gasteiger partial charge < -0.3 is 14.3 Å². The first-order valence-corrected chi connectivity index (χ1v) is 10.6. The van der Waals surface area contributed by atoms with Crippen molar-refractivity contribution >= 4 is 10.0 Å². The van der Waals surface area contributed by atoms with Gasteiger partial charge in [-0.3, -0.25) is 0 Å². The van der Waals surface area contributed by atoms with Crippen LogP contribution in [0.15, 0.2) is 9.31 Å². The Morgan fingerprint density at radius 2 is 1.77 bits per heavy atom. The van der Waals surface area contributed by atoms with Gasteiger partial charge in [-0.1, -0.05) is 12.8 Å². The van der Waals surface area contributed by atoms with Crippen LogP contribution in [0.1, 0.15) is 43.0 Å². The Hall–Kier alpha value is -1.71. The molecule has 8 nitrogen and oxygen atoms in total. The van der Waals surface area contributed by atoms with Gasteiger partial charge in [-0.05, 0) is 39.8 Å². The fourth-order valence-electron chi connectivity index (χ4n) is 3.52. The highest BCUT2D eigenvalue weighted by molar-refractivity contribution is 7.89. The van der Waals surface area contributed by atoms with Crippen molar-refractivity contribution in [3.8, 4) is 11.5 Å². The molecule has 0 unspecified atom stereocenters. The summed E-state index contributed by atoms with van der Waals surface area (Å²) in [6.07, 6.45) is 4.89. The van der Waals surface area contributed by atoms with Gasteiger partial charge in [0.25, 0.3) is 5.89 Å². The maximum absolute atomic E-state index is 12.9. The number of rotatable bonds is 6. The van der Waals surface area contributed by atoms with Crippen LogP contribution in [0.5, 0.6) is 0 Å². The number of aryl methyl sites for hydroxylation is 3. The fraction of sp³-hybridized carbons (Fsp3) is 0.647. The molecule has 0 radical (unpaired) electrons. The molecule has 3 rings (SSSR count). The molecule has 9 heteroatoms. The molecule has 0 saturated carbocycles. The summed E-state index contributed by atoms with van der Waals surface area (Å²) in [5.41, 5.74) is 1.71. The minimum absolute atomic E-state index is 0.189. The topological polar surface area (TPSA) is 104 Å². The van der Waals surface area contributed by atoms with Crippen molar-refractivity contribution in [1.29, 1.82) is 0 Å². The van der Waals surface area contributed by atoms with E-state index in [1.807, 2.05) is 0 Å². The Balaban J connectivity index is 1.76. The lowest BCUT2D eigenvalue weighted by Crippen LogP contribution is -2.35. The molecule has 144 valence electrons. The first-order valence-electron chi connectivity index (χ1n) is 9.10. The van der Waals surface area contributed by atoms with Crippen molar-refractivity contribution in [2.45, 2.75) is 51.3 Å². The molecule has 0 bridgehead atoms. The van der Waals surface area contributed by atoms with Crippen molar-refractivity contribution in [3.05, 3.63) is 17.3 Å². The molecular weight excluding hydrogens is 354 g/mol. The fourth-order valence-corrected chi connectivity index (χ4v) is 4.99. The number of nitrogens with zero attached hydrogens (tertiary/aromatic N) is 3. The summed E-state index contributed by atoms with van der Waals surface area (Å²) >= 11 is 0. The Kier molecular flexibility index (Phi) is 5.79. The van der Waals surface area contributed by atoms with E-state index in [-0.39, 0.29) is 10.8 Å². The number of hydrogen-bond acceptors (Lipinski definition) is 6. The van der Waals surface area contributed by atoms with Crippen LogP contribution in [0.4, 0.5) is 0 Å². The van der Waals surface area contributed by atoms with Gasteiger partial charge in [-0.2, -0.15) is 0 Å². The van der Waals surface area contributed by atoms with Gasteiger partial charge in [0, 0.05) is 31.4 Å². The number of hydrogen-bond donors (Lipinski definition) is 2. The molecule has 3 heterocycles. The SMILES string of the molecule is Cc1nnc(-c2c(C)[nH]c(C)c2S(=O)(=O)NCCN2CCCCCC2)o1. The zero-order valence-corrected chi connectivity index (χ0v) is 16.4. The standard InChI is InChI=1S/C17H27N5O3S/c1-12-15(17-21-20-14(3)25-17)16(13(2)19-12)26(23,24)18-8-11-22-9-6-4-5-7-10-22/h18-19H,4-11H2,1-3H3. The molecule has 2 aromatic heterocycles. The lowest BCUT2D eigenvalue weighted by molar-refractivity contribution is 0.290. The van der Waals surface area contributed by atoms with Crippen LogP contribution in [0.3, 0.4) is 0 Å². The summed E-state index contributed by atoms with van der Waals surface area (Å²) < 4.78 is 34.1. The molecule has 2 aromatic rings. The summed E-state index contributed by atoms with van der Waals surface area (Å²) in [4.78, 5) is 5.60. The second-order valence-corrected chi connectivity index (χ2v) is 8.56. The third kappa shape index (κ3) is 4.16. The normalized spacial score (nSPS) is 16.7. The molecule has 1 fully saturated rings. The molecule has 0 aliphatic carbocycles. The maximum atomic E-state index is 12.9. The maximum Gasteiger partial charge on any atom is 0.250 e. The van der Waals surface area contributed by atoms with Crippen molar-refractivity contribution in [1.82, 2.24) is 24.8 Å². The van der Waals surface area contributed by atoms with Crippen LogP contribution in [0, 0.1) is 20.8 Å². The van der Waals surface area contributed by atoms with Crippen molar-refractivity contribution in [2.75, 3.05) is 26.2 Å². The zero-order chi connectivity index (χ0) is 18.7. The lowest BCUT2D eigenvalue weighted by Gasteiger charge is -2.19. The largest absolute Gasteiger partial charge is 0.421 e. The van der Waals surface area contributed by atoms with Crippen LogP contribution < -0.4 is 4.72 Å². The molecule has 0 atom stereocenters. The van der Waals surface area contributed by atoms with Crippen molar-refractivity contribution in [2.24, 2.45) is 0 Å². The van der Waals surface area contributed by atoms with Gasteiger partial charge in [-0.25, -0.2) is 13.1 Å². The van der Waals surface area contributed by atoms with Crippen LogP contribution in [-0.4, -0.2) is 54.7 Å². The highest BCUT2D eigenvalue weighted by Gasteiger charge is 2.28. The lowest BCUT2D eigenvalue weighted by atomic mass is 10.2. The molecule has 1 saturated heterocycles. The average molecular weight is 382 g/mol. The molecule has 0 aromatic carbocycles. The quantitative estimate of drug-likeness (QED) is 0.794. The summed E-state index contributed by atoms with van der Waals surface area (Å²) in [5.74, 6) is 0.618. The highest BCUT2D eigenvalue weighted by atomic mass is 32.2. The highest BCUT2D eigenvalue weighted by Crippen LogP contribution is 2.32. The van der Waals surface area contributed by atoms with E-state index >= 15 is 0 Å². The zero-order valence-electron chi connectivity index (χ0n) is 15.6. The molecular formula is C17H27N5O3S. The van der Waals surface area contributed by atoms with Gasteiger partial charge in [-0.15, -0.1) is 10.2 Å². The summed E-state index contributed by atoms with van der Waals surface area (Å²) in [7, 11) is -3.69. The van der Waals surface area contributed by atoms with E-state index in [0.717, 1.165) is 19.6 Å². The second kappa shape index (κ2) is 7.89. The van der Waals surface area contributed by atoms with Crippen LogP contribution >= 0.6 is 0 Å². The number of likely N-dealkylation sites (tertiary alicyclic amines) is 1. The number of aromatic amines is 1. The summed E-state index contributed by atoms with van der Waals surface area (Å²) in [5, 5.41) is 7.81. The van der Waals surface area contributed by atoms with E-state index in [4.69, 9.17) is 4.42 Å². The molecule has 1 aliphatic rings. The van der Waals surface area contributed by atoms with Gasteiger partial charge >= 0.3 is 0 Å². The van der Waals surface area contributed by atoms with E-state index in [2.05, 4.69) is 24.8 Å². The van der Waals surface area contributed by atoms with Crippen molar-refractivity contribution < 1.29 is 12.8 Å². The third-order valence-electron chi connectivity index (χ3n) is 4.75. The van der Waals surface area contributed by atoms with E-state index < -0.39 is 10.0 Å². The number of H-pyrrole nitrogens is 1. The molecule has 0 amide bonds. The summed E-state index contributed by atoms with van der Waals surface area (Å²) in [6.45, 7) is 8.40. The third-order valence-corrected chi connectivity index (χ3v) is 6.38. The van der Waals surface area contributed by atoms with Gasteiger partial charge in [0.15, 0.2) is 0 Å².